The van der Waals surface area contributed by atoms with Gasteiger partial charge < -0.3 is 9.84 Å². The molecule has 112 valence electrons. The zero-order valence-corrected chi connectivity index (χ0v) is 12.5. The number of benzene rings is 1. The molecule has 1 N–H and O–H groups in total. The van der Waals surface area contributed by atoms with E-state index in [1.165, 1.54) is 0 Å². The Morgan fingerprint density at radius 1 is 1.29 bits per heavy atom. The predicted molar refractivity (Wildman–Crippen MR) is 81.1 cm³/mol. The molecule has 1 aromatic carbocycles. The lowest BCUT2D eigenvalue weighted by Crippen LogP contribution is -2.44. The van der Waals surface area contributed by atoms with Crippen molar-refractivity contribution in [1.82, 2.24) is 0 Å². The third-order valence-corrected chi connectivity index (χ3v) is 4.11. The van der Waals surface area contributed by atoms with Gasteiger partial charge in [0.1, 0.15) is 6.11 Å². The topological polar surface area (TPSA) is 46.5 Å². The molecule has 1 fully saturated rings. The number of esters is 1. The van der Waals surface area contributed by atoms with Gasteiger partial charge in [0, 0.05) is 12.3 Å². The Bertz CT molecular complexity index is 520. The van der Waals surface area contributed by atoms with Crippen LogP contribution < -0.4 is 0 Å². The fourth-order valence-corrected chi connectivity index (χ4v) is 2.97. The maximum absolute atomic E-state index is 12.5. The standard InChI is InChI=1S/C18H22O3/c1-2-3-14-21-17(19)18(20,15-10-6-4-7-11-15)16-12-8-5-9-13-16/h4,6-7,10-11,16,20H,2,5,8-9,12-13H2,1H3. The van der Waals surface area contributed by atoms with Crippen LogP contribution in [0.25, 0.3) is 0 Å². The van der Waals surface area contributed by atoms with Gasteiger partial charge in [-0.05, 0) is 18.4 Å². The van der Waals surface area contributed by atoms with Gasteiger partial charge >= 0.3 is 5.97 Å². The lowest BCUT2D eigenvalue weighted by atomic mass is 9.73. The van der Waals surface area contributed by atoms with Crippen LogP contribution in [0.4, 0.5) is 0 Å². The summed E-state index contributed by atoms with van der Waals surface area (Å²) in [5, 5.41) is 11.1. The molecule has 0 bridgehead atoms. The maximum atomic E-state index is 12.5. The van der Waals surface area contributed by atoms with Gasteiger partial charge in [0.25, 0.3) is 0 Å². The number of rotatable bonds is 3. The van der Waals surface area contributed by atoms with Crippen LogP contribution in [0, 0.1) is 17.9 Å². The molecule has 2 rings (SSSR count). The lowest BCUT2D eigenvalue weighted by Gasteiger charge is -2.36. The average molecular weight is 286 g/mol. The first-order valence-electron chi connectivity index (χ1n) is 7.66. The number of ether oxygens (including phenoxy) is 1. The summed E-state index contributed by atoms with van der Waals surface area (Å²) >= 11 is 0. The zero-order valence-electron chi connectivity index (χ0n) is 12.5. The van der Waals surface area contributed by atoms with Crippen LogP contribution >= 0.6 is 0 Å². The second-order valence-electron chi connectivity index (χ2n) is 5.49. The summed E-state index contributed by atoms with van der Waals surface area (Å²) in [6, 6.07) is 9.08. The highest BCUT2D eigenvalue weighted by atomic mass is 16.5. The quantitative estimate of drug-likeness (QED) is 0.684. The van der Waals surface area contributed by atoms with Crippen LogP contribution in [0.2, 0.25) is 0 Å². The van der Waals surface area contributed by atoms with Crippen LogP contribution in [0.15, 0.2) is 30.3 Å². The average Bonchev–Trinajstić information content (AvgIpc) is 2.56. The molecule has 3 nitrogen and oxygen atoms in total. The SMILES string of the molecule is CCC#COC(=O)C(O)(c1ccccc1)C1CCCCC1. The highest BCUT2D eigenvalue weighted by molar-refractivity contribution is 5.82. The zero-order chi connectivity index (χ0) is 15.1. The summed E-state index contributed by atoms with van der Waals surface area (Å²) in [5.74, 6) is 1.94. The monoisotopic (exact) mass is 286 g/mol. The molecule has 1 aromatic rings. The van der Waals surface area contributed by atoms with Gasteiger partial charge in [-0.1, -0.05) is 62.4 Å². The second-order valence-corrected chi connectivity index (χ2v) is 5.49. The summed E-state index contributed by atoms with van der Waals surface area (Å²) in [4.78, 5) is 12.5. The minimum Gasteiger partial charge on any atom is -0.374 e. The maximum Gasteiger partial charge on any atom is 0.357 e. The van der Waals surface area contributed by atoms with Crippen molar-refractivity contribution in [3.8, 4) is 12.0 Å². The highest BCUT2D eigenvalue weighted by Crippen LogP contribution is 2.40. The van der Waals surface area contributed by atoms with Gasteiger partial charge in [-0.2, -0.15) is 0 Å². The molecule has 0 radical (unpaired) electrons. The molecule has 1 atom stereocenters. The molecule has 0 spiro atoms. The molecule has 21 heavy (non-hydrogen) atoms. The molecule has 0 saturated heterocycles. The number of carbonyl (C=O) groups excluding carboxylic acids is 1. The molecular formula is C18H22O3. The van der Waals surface area contributed by atoms with Gasteiger partial charge in [-0.25, -0.2) is 4.79 Å². The normalized spacial score (nSPS) is 18.2. The third kappa shape index (κ3) is 3.46. The Hall–Kier alpha value is -1.79. The van der Waals surface area contributed by atoms with E-state index in [-0.39, 0.29) is 5.92 Å². The van der Waals surface area contributed by atoms with Crippen molar-refractivity contribution in [2.45, 2.75) is 51.0 Å². The lowest BCUT2D eigenvalue weighted by molar-refractivity contribution is -0.168. The Morgan fingerprint density at radius 3 is 2.57 bits per heavy atom. The molecule has 0 aromatic heterocycles. The molecule has 3 heteroatoms. The van der Waals surface area contributed by atoms with Crippen LogP contribution in [0.3, 0.4) is 0 Å². The summed E-state index contributed by atoms with van der Waals surface area (Å²) in [7, 11) is 0. The van der Waals surface area contributed by atoms with Gasteiger partial charge in [0.2, 0.25) is 0 Å². The summed E-state index contributed by atoms with van der Waals surface area (Å²) in [5.41, 5.74) is -0.996. The highest BCUT2D eigenvalue weighted by Gasteiger charge is 2.47. The molecule has 1 aliphatic rings. The van der Waals surface area contributed by atoms with E-state index < -0.39 is 11.6 Å². The number of carbonyl (C=O) groups is 1. The van der Waals surface area contributed by atoms with E-state index in [0.29, 0.717) is 12.0 Å². The third-order valence-electron chi connectivity index (χ3n) is 4.11. The van der Waals surface area contributed by atoms with Crippen molar-refractivity contribution in [2.24, 2.45) is 5.92 Å². The van der Waals surface area contributed by atoms with Crippen molar-refractivity contribution in [2.75, 3.05) is 0 Å². The van der Waals surface area contributed by atoms with E-state index in [9.17, 15) is 9.90 Å². The Kier molecular flexibility index (Phi) is 5.41. The minimum absolute atomic E-state index is 0.107. The van der Waals surface area contributed by atoms with Crippen molar-refractivity contribution < 1.29 is 14.6 Å². The summed E-state index contributed by atoms with van der Waals surface area (Å²) < 4.78 is 5.01. The largest absolute Gasteiger partial charge is 0.374 e. The van der Waals surface area contributed by atoms with Crippen LogP contribution in [0.5, 0.6) is 0 Å². The van der Waals surface area contributed by atoms with Crippen molar-refractivity contribution in [3.63, 3.8) is 0 Å². The molecule has 0 aliphatic heterocycles. The second kappa shape index (κ2) is 7.28. The van der Waals surface area contributed by atoms with Gasteiger partial charge in [0.15, 0.2) is 5.60 Å². The van der Waals surface area contributed by atoms with E-state index in [0.717, 1.165) is 32.1 Å². The smallest absolute Gasteiger partial charge is 0.357 e. The molecule has 0 amide bonds. The Balaban J connectivity index is 2.31. The molecule has 0 heterocycles. The Labute approximate surface area is 126 Å². The molecule has 1 saturated carbocycles. The predicted octanol–water partition coefficient (Wildman–Crippen LogP) is 3.37. The Morgan fingerprint density at radius 2 is 1.95 bits per heavy atom. The number of hydrogen-bond donors (Lipinski definition) is 1. The van der Waals surface area contributed by atoms with E-state index >= 15 is 0 Å². The van der Waals surface area contributed by atoms with Crippen LogP contribution in [0.1, 0.15) is 51.0 Å². The van der Waals surface area contributed by atoms with Crippen molar-refractivity contribution in [1.29, 1.82) is 0 Å². The molecular weight excluding hydrogens is 264 g/mol. The van der Waals surface area contributed by atoms with E-state index in [1.54, 1.807) is 12.1 Å². The van der Waals surface area contributed by atoms with Gasteiger partial charge in [-0.15, -0.1) is 0 Å². The van der Waals surface area contributed by atoms with Gasteiger partial charge in [0.05, 0.1) is 0 Å². The fourth-order valence-electron chi connectivity index (χ4n) is 2.97. The van der Waals surface area contributed by atoms with Crippen LogP contribution in [-0.2, 0) is 15.1 Å². The first-order valence-corrected chi connectivity index (χ1v) is 7.66. The van der Waals surface area contributed by atoms with Gasteiger partial charge in [-0.3, -0.25) is 0 Å². The van der Waals surface area contributed by atoms with E-state index in [1.807, 2.05) is 25.1 Å². The fraction of sp³-hybridized carbons (Fsp3) is 0.500. The minimum atomic E-state index is -1.59. The van der Waals surface area contributed by atoms with E-state index in [4.69, 9.17) is 4.74 Å². The number of aliphatic hydroxyl groups is 1. The first kappa shape index (κ1) is 15.6. The molecule has 1 unspecified atom stereocenters. The van der Waals surface area contributed by atoms with Crippen molar-refractivity contribution >= 4 is 5.97 Å². The summed E-state index contributed by atoms with van der Waals surface area (Å²) in [6.45, 7) is 1.88. The van der Waals surface area contributed by atoms with Crippen molar-refractivity contribution in [3.05, 3.63) is 35.9 Å². The van der Waals surface area contributed by atoms with Crippen LogP contribution in [-0.4, -0.2) is 11.1 Å². The molecule has 1 aliphatic carbocycles. The number of hydrogen-bond acceptors (Lipinski definition) is 3. The first-order chi connectivity index (χ1) is 10.2. The summed E-state index contributed by atoms with van der Waals surface area (Å²) in [6.07, 6.45) is 7.90. The van der Waals surface area contributed by atoms with E-state index in [2.05, 4.69) is 12.0 Å².